The van der Waals surface area contributed by atoms with Crippen molar-refractivity contribution in [3.05, 3.63) is 84.4 Å². The number of carbonyl (C=O) groups excluding carboxylic acids is 1. The van der Waals surface area contributed by atoms with Gasteiger partial charge in [-0.2, -0.15) is 14.6 Å². The van der Waals surface area contributed by atoms with Crippen LogP contribution in [-0.4, -0.2) is 47.4 Å². The van der Waals surface area contributed by atoms with Crippen LogP contribution >= 0.6 is 0 Å². The number of hydrogen-bond acceptors (Lipinski definition) is 9. The molecule has 6 aromatic rings. The van der Waals surface area contributed by atoms with Gasteiger partial charge in [0.05, 0.1) is 37.2 Å². The molecular formula is C26H23N9O3. The summed E-state index contributed by atoms with van der Waals surface area (Å²) in [6, 6.07) is 18.2. The third kappa shape index (κ3) is 3.70. The van der Waals surface area contributed by atoms with Crippen LogP contribution in [0.5, 0.6) is 5.88 Å². The largest absolute Gasteiger partial charge is 0.481 e. The monoisotopic (exact) mass is 509 g/mol. The Balaban J connectivity index is 1.46. The summed E-state index contributed by atoms with van der Waals surface area (Å²) in [5, 5.41) is 12.6. The molecule has 1 unspecified atom stereocenters. The van der Waals surface area contributed by atoms with E-state index in [2.05, 4.69) is 30.5 Å². The van der Waals surface area contributed by atoms with Gasteiger partial charge in [-0.25, -0.2) is 14.6 Å². The van der Waals surface area contributed by atoms with E-state index in [4.69, 9.17) is 14.9 Å². The van der Waals surface area contributed by atoms with Gasteiger partial charge >= 0.3 is 0 Å². The van der Waals surface area contributed by atoms with E-state index in [0.717, 1.165) is 0 Å². The van der Waals surface area contributed by atoms with E-state index in [0.29, 0.717) is 45.4 Å². The molecule has 0 aliphatic heterocycles. The molecular weight excluding hydrogens is 486 g/mol. The summed E-state index contributed by atoms with van der Waals surface area (Å²) in [4.78, 5) is 27.5. The molecule has 1 amide bonds. The van der Waals surface area contributed by atoms with Gasteiger partial charge in [0.1, 0.15) is 0 Å². The molecule has 5 heterocycles. The highest BCUT2D eigenvalue weighted by Crippen LogP contribution is 2.31. The Bertz CT molecular complexity index is 1760. The highest BCUT2D eigenvalue weighted by atomic mass is 16.5. The number of amides is 1. The molecule has 5 aromatic heterocycles. The van der Waals surface area contributed by atoms with Crippen LogP contribution in [-0.2, 0) is 16.9 Å². The van der Waals surface area contributed by atoms with Crippen molar-refractivity contribution in [2.75, 3.05) is 12.8 Å². The zero-order chi connectivity index (χ0) is 26.3. The maximum atomic E-state index is 13.9. The number of ether oxygens (including phenoxy) is 1. The van der Waals surface area contributed by atoms with Crippen molar-refractivity contribution >= 4 is 28.5 Å². The van der Waals surface area contributed by atoms with E-state index in [1.165, 1.54) is 4.52 Å². The number of nitrogens with two attached hydrogens (primary N) is 1. The third-order valence-corrected chi connectivity index (χ3v) is 6.39. The van der Waals surface area contributed by atoms with Crippen molar-refractivity contribution in [3.63, 3.8) is 0 Å². The fourth-order valence-corrected chi connectivity index (χ4v) is 4.37. The number of nitrogens with one attached hydrogen (secondary N) is 1. The predicted molar refractivity (Wildman–Crippen MR) is 138 cm³/mol. The van der Waals surface area contributed by atoms with Crippen LogP contribution in [0.2, 0.25) is 0 Å². The summed E-state index contributed by atoms with van der Waals surface area (Å²) < 4.78 is 13.6. The van der Waals surface area contributed by atoms with Crippen LogP contribution in [0.25, 0.3) is 28.3 Å². The zero-order valence-corrected chi connectivity index (χ0v) is 20.6. The van der Waals surface area contributed by atoms with Crippen molar-refractivity contribution in [1.82, 2.24) is 39.7 Å². The molecule has 0 aliphatic rings. The molecule has 0 fully saturated rings. The molecule has 12 heteroatoms. The molecule has 0 bridgehead atoms. The maximum Gasteiger partial charge on any atom is 0.252 e. The molecule has 0 radical (unpaired) electrons. The highest BCUT2D eigenvalue weighted by Gasteiger charge is 2.40. The molecule has 6 rings (SSSR count). The van der Waals surface area contributed by atoms with Gasteiger partial charge in [0.15, 0.2) is 22.6 Å². The van der Waals surface area contributed by atoms with Crippen molar-refractivity contribution in [2.24, 2.45) is 0 Å². The molecule has 0 saturated carbocycles. The number of nitrogen functional groups attached to an aromatic ring is 1. The Labute approximate surface area is 216 Å². The topological polar surface area (TPSA) is 151 Å². The van der Waals surface area contributed by atoms with Gasteiger partial charge in [0.25, 0.3) is 5.91 Å². The summed E-state index contributed by atoms with van der Waals surface area (Å²) in [6.45, 7) is 1.97. The van der Waals surface area contributed by atoms with E-state index in [9.17, 15) is 4.79 Å². The van der Waals surface area contributed by atoms with E-state index >= 15 is 0 Å². The number of aromatic nitrogens is 7. The molecule has 3 N–H and O–H groups in total. The number of rotatable bonds is 7. The average molecular weight is 510 g/mol. The molecule has 190 valence electrons. The van der Waals surface area contributed by atoms with E-state index in [1.54, 1.807) is 49.4 Å². The summed E-state index contributed by atoms with van der Waals surface area (Å²) >= 11 is 0. The predicted octanol–water partition coefficient (Wildman–Crippen LogP) is 2.80. The number of benzene rings is 1. The van der Waals surface area contributed by atoms with Gasteiger partial charge in [-0.15, -0.1) is 5.10 Å². The minimum Gasteiger partial charge on any atom is -0.481 e. The Hall–Kier alpha value is -5.26. The minimum atomic E-state index is -1.29. The summed E-state index contributed by atoms with van der Waals surface area (Å²) in [7, 11) is 1.54. The number of hydrogen-bond donors (Lipinski definition) is 2. The fraction of sp³-hybridized carbons (Fsp3) is 0.154. The lowest BCUT2D eigenvalue weighted by atomic mass is 9.91. The van der Waals surface area contributed by atoms with E-state index in [1.807, 2.05) is 42.5 Å². The molecule has 0 spiro atoms. The van der Waals surface area contributed by atoms with Crippen molar-refractivity contribution in [3.8, 4) is 17.5 Å². The van der Waals surface area contributed by atoms with Gasteiger partial charge in [-0.1, -0.05) is 36.4 Å². The molecule has 0 saturated heterocycles. The Morgan fingerprint density at radius 1 is 1.05 bits per heavy atom. The molecule has 38 heavy (non-hydrogen) atoms. The van der Waals surface area contributed by atoms with Crippen LogP contribution in [0.15, 0.2) is 77.5 Å². The lowest BCUT2D eigenvalue weighted by Crippen LogP contribution is -2.48. The van der Waals surface area contributed by atoms with Gasteiger partial charge in [-0.05, 0) is 30.7 Å². The first-order valence-electron chi connectivity index (χ1n) is 11.8. The standard InChI is InChI=1S/C26H23N9O3/c1-26(16-8-4-3-5-9-16,24(36)28-14-17-10-6-12-20(30-17)37-2)35-23-18(15-29-35)22-31-21(19-11-7-13-38-19)33-34(22)25(27)32-23/h3-13,15H,14H2,1-2H3,(H2,27,32)(H,28,36). The minimum absolute atomic E-state index is 0.0935. The van der Waals surface area contributed by atoms with Crippen LogP contribution in [0.4, 0.5) is 5.95 Å². The number of nitrogens with zero attached hydrogens (tertiary/aromatic N) is 7. The highest BCUT2D eigenvalue weighted by molar-refractivity contribution is 5.94. The number of anilines is 1. The number of pyridine rings is 1. The number of furan rings is 1. The van der Waals surface area contributed by atoms with Crippen LogP contribution in [0.1, 0.15) is 18.2 Å². The van der Waals surface area contributed by atoms with Gasteiger partial charge in [-0.3, -0.25) is 4.79 Å². The van der Waals surface area contributed by atoms with Gasteiger partial charge in [0, 0.05) is 6.07 Å². The summed E-state index contributed by atoms with van der Waals surface area (Å²) in [6.07, 6.45) is 3.15. The third-order valence-electron chi connectivity index (χ3n) is 6.39. The Kier molecular flexibility index (Phi) is 5.48. The second-order valence-corrected chi connectivity index (χ2v) is 8.70. The van der Waals surface area contributed by atoms with Gasteiger partial charge < -0.3 is 20.2 Å². The molecule has 1 atom stereocenters. The number of fused-ring (bicyclic) bond motifs is 3. The van der Waals surface area contributed by atoms with Crippen LogP contribution in [0, 0.1) is 0 Å². The SMILES string of the molecule is COc1cccc(CNC(=O)C(C)(c2ccccc2)n2ncc3c2nc(N)n2nc(-c4ccco4)nc32)n1. The molecule has 0 aliphatic carbocycles. The second-order valence-electron chi connectivity index (χ2n) is 8.70. The second kappa shape index (κ2) is 9.00. The Morgan fingerprint density at radius 3 is 2.66 bits per heavy atom. The first kappa shape index (κ1) is 23.2. The first-order valence-corrected chi connectivity index (χ1v) is 11.8. The zero-order valence-electron chi connectivity index (χ0n) is 20.6. The average Bonchev–Trinajstić information content (AvgIpc) is 3.72. The normalized spacial score (nSPS) is 13.0. The van der Waals surface area contributed by atoms with Gasteiger partial charge in [0.2, 0.25) is 17.7 Å². The van der Waals surface area contributed by atoms with Crippen molar-refractivity contribution < 1.29 is 13.9 Å². The summed E-state index contributed by atoms with van der Waals surface area (Å²) in [5.41, 5.74) is 7.19. The summed E-state index contributed by atoms with van der Waals surface area (Å²) in [5.74, 6) is 1.10. The number of carbonyl (C=O) groups is 1. The van der Waals surface area contributed by atoms with E-state index in [-0.39, 0.29) is 18.4 Å². The molecule has 1 aromatic carbocycles. The molecule has 12 nitrogen and oxygen atoms in total. The number of methoxy groups -OCH3 is 1. The fourth-order valence-electron chi connectivity index (χ4n) is 4.37. The van der Waals surface area contributed by atoms with Crippen LogP contribution < -0.4 is 15.8 Å². The van der Waals surface area contributed by atoms with Crippen molar-refractivity contribution in [2.45, 2.75) is 19.0 Å². The smallest absolute Gasteiger partial charge is 0.252 e. The van der Waals surface area contributed by atoms with Crippen LogP contribution in [0.3, 0.4) is 0 Å². The van der Waals surface area contributed by atoms with E-state index < -0.39 is 5.54 Å². The maximum absolute atomic E-state index is 13.9. The quantitative estimate of drug-likeness (QED) is 0.331. The lowest BCUT2D eigenvalue weighted by Gasteiger charge is -2.29. The van der Waals surface area contributed by atoms with Crippen molar-refractivity contribution in [1.29, 1.82) is 0 Å². The Morgan fingerprint density at radius 2 is 1.89 bits per heavy atom. The lowest BCUT2D eigenvalue weighted by molar-refractivity contribution is -0.127. The first-order chi connectivity index (χ1) is 18.5.